The van der Waals surface area contributed by atoms with Crippen molar-refractivity contribution >= 4 is 27.0 Å². The summed E-state index contributed by atoms with van der Waals surface area (Å²) in [5.41, 5.74) is 9.25. The van der Waals surface area contributed by atoms with Gasteiger partial charge in [-0.15, -0.1) is 11.3 Å². The fraction of sp³-hybridized carbons (Fsp3) is 0.250. The molecule has 1 heterocycles. The maximum Gasteiger partial charge on any atom is 0.244 e. The first-order valence-corrected chi connectivity index (χ1v) is 8.17. The van der Waals surface area contributed by atoms with E-state index in [1.165, 1.54) is 24.5 Å². The molecule has 0 atom stereocenters. The van der Waals surface area contributed by atoms with Crippen molar-refractivity contribution in [2.75, 3.05) is 12.8 Å². The van der Waals surface area contributed by atoms with E-state index in [1.54, 1.807) is 23.9 Å². The van der Waals surface area contributed by atoms with Crippen LogP contribution >= 0.6 is 11.3 Å². The molecule has 0 saturated carbocycles. The van der Waals surface area contributed by atoms with Crippen molar-refractivity contribution in [2.45, 2.75) is 18.4 Å². The number of hydrogen-bond acceptors (Lipinski definition) is 6. The van der Waals surface area contributed by atoms with Crippen LogP contribution in [0.4, 0.5) is 5.69 Å². The summed E-state index contributed by atoms with van der Waals surface area (Å²) in [4.78, 5) is 4.05. The lowest BCUT2D eigenvalue weighted by atomic mass is 10.2. The van der Waals surface area contributed by atoms with Crippen molar-refractivity contribution in [1.29, 1.82) is 0 Å². The van der Waals surface area contributed by atoms with Gasteiger partial charge >= 0.3 is 0 Å². The highest BCUT2D eigenvalue weighted by Crippen LogP contribution is 2.28. The number of nitrogen functional groups attached to an aromatic ring is 1. The fourth-order valence-electron chi connectivity index (χ4n) is 1.62. The third kappa shape index (κ3) is 3.09. The number of methoxy groups -OCH3 is 1. The second-order valence-corrected chi connectivity index (χ2v) is 6.62. The number of nitrogens with zero attached hydrogens (tertiary/aromatic N) is 1. The van der Waals surface area contributed by atoms with Crippen LogP contribution in [0.3, 0.4) is 0 Å². The van der Waals surface area contributed by atoms with Gasteiger partial charge in [0.25, 0.3) is 0 Å². The van der Waals surface area contributed by atoms with Gasteiger partial charge in [0.05, 0.1) is 24.9 Å². The molecule has 2 rings (SSSR count). The zero-order valence-corrected chi connectivity index (χ0v) is 12.7. The van der Waals surface area contributed by atoms with E-state index in [4.69, 9.17) is 10.5 Å². The van der Waals surface area contributed by atoms with Crippen LogP contribution in [-0.2, 0) is 16.6 Å². The number of thiazole rings is 1. The van der Waals surface area contributed by atoms with Crippen LogP contribution in [0.25, 0.3) is 0 Å². The summed E-state index contributed by atoms with van der Waals surface area (Å²) < 4.78 is 32.2. The molecular weight excluding hydrogens is 298 g/mol. The summed E-state index contributed by atoms with van der Waals surface area (Å²) in [6, 6.07) is 3.00. The average Bonchev–Trinajstić information content (AvgIpc) is 2.92. The van der Waals surface area contributed by atoms with Crippen LogP contribution in [0.1, 0.15) is 11.3 Å². The van der Waals surface area contributed by atoms with Gasteiger partial charge in [-0.1, -0.05) is 0 Å². The average molecular weight is 313 g/mol. The molecule has 1 aromatic carbocycles. The summed E-state index contributed by atoms with van der Waals surface area (Å²) in [5, 5.41) is 1.78. The number of hydrogen-bond donors (Lipinski definition) is 2. The maximum atomic E-state index is 12.3. The van der Waals surface area contributed by atoms with Crippen molar-refractivity contribution in [3.8, 4) is 5.75 Å². The minimum atomic E-state index is -3.71. The van der Waals surface area contributed by atoms with E-state index in [0.717, 1.165) is 5.56 Å². The summed E-state index contributed by atoms with van der Waals surface area (Å²) in [6.45, 7) is 1.92. The largest absolute Gasteiger partial charge is 0.495 e. The molecule has 0 radical (unpaired) electrons. The lowest BCUT2D eigenvalue weighted by Gasteiger charge is -2.12. The van der Waals surface area contributed by atoms with E-state index in [-0.39, 0.29) is 17.2 Å². The van der Waals surface area contributed by atoms with Gasteiger partial charge < -0.3 is 10.5 Å². The fourth-order valence-corrected chi connectivity index (χ4v) is 3.36. The summed E-state index contributed by atoms with van der Waals surface area (Å²) >= 11 is 1.41. The highest BCUT2D eigenvalue weighted by molar-refractivity contribution is 7.89. The molecule has 0 aliphatic carbocycles. The molecule has 0 unspecified atom stereocenters. The summed E-state index contributed by atoms with van der Waals surface area (Å²) in [5.74, 6) is 0.266. The molecule has 0 spiro atoms. The zero-order valence-electron chi connectivity index (χ0n) is 11.1. The molecule has 0 saturated heterocycles. The van der Waals surface area contributed by atoms with Gasteiger partial charge in [0.1, 0.15) is 10.6 Å². The number of nitrogens with one attached hydrogen (secondary N) is 1. The molecule has 0 aliphatic heterocycles. The lowest BCUT2D eigenvalue weighted by molar-refractivity contribution is 0.402. The van der Waals surface area contributed by atoms with Gasteiger partial charge in [0.2, 0.25) is 10.0 Å². The number of benzene rings is 1. The topological polar surface area (TPSA) is 94.3 Å². The Bertz CT molecular complexity index is 697. The van der Waals surface area contributed by atoms with Gasteiger partial charge in [-0.2, -0.15) is 0 Å². The first-order valence-electron chi connectivity index (χ1n) is 5.75. The standard InChI is InChI=1S/C12H15N3O3S2/c1-8-3-11(18-2)12(4-10(8)13)20(16,17)15-5-9-6-19-7-14-9/h3-4,6-7,15H,5,13H2,1-2H3. The quantitative estimate of drug-likeness (QED) is 0.816. The molecule has 2 aromatic rings. The number of anilines is 1. The number of aryl methyl sites for hydroxylation is 1. The molecule has 0 bridgehead atoms. The summed E-state index contributed by atoms with van der Waals surface area (Å²) in [6.07, 6.45) is 0. The predicted molar refractivity (Wildman–Crippen MR) is 78.3 cm³/mol. The van der Waals surface area contributed by atoms with E-state index in [2.05, 4.69) is 9.71 Å². The Hall–Kier alpha value is -1.64. The van der Waals surface area contributed by atoms with E-state index in [0.29, 0.717) is 11.4 Å². The molecule has 108 valence electrons. The second kappa shape index (κ2) is 5.78. The number of aromatic nitrogens is 1. The van der Waals surface area contributed by atoms with E-state index in [1.807, 2.05) is 0 Å². The molecule has 0 fully saturated rings. The van der Waals surface area contributed by atoms with E-state index in [9.17, 15) is 8.42 Å². The number of sulfonamides is 1. The van der Waals surface area contributed by atoms with Crippen LogP contribution in [0.2, 0.25) is 0 Å². The SMILES string of the molecule is COc1cc(C)c(N)cc1S(=O)(=O)NCc1cscn1. The van der Waals surface area contributed by atoms with Gasteiger partial charge in [-0.25, -0.2) is 18.1 Å². The molecule has 8 heteroatoms. The zero-order chi connectivity index (χ0) is 14.8. The van der Waals surface area contributed by atoms with Crippen LogP contribution < -0.4 is 15.2 Å². The Kier molecular flexibility index (Phi) is 4.26. The van der Waals surface area contributed by atoms with Gasteiger partial charge in [0.15, 0.2) is 0 Å². The highest BCUT2D eigenvalue weighted by atomic mass is 32.2. The van der Waals surface area contributed by atoms with Crippen LogP contribution in [0, 0.1) is 6.92 Å². The van der Waals surface area contributed by atoms with Gasteiger partial charge in [-0.3, -0.25) is 0 Å². The van der Waals surface area contributed by atoms with E-state index < -0.39 is 10.0 Å². The first-order chi connectivity index (χ1) is 9.44. The maximum absolute atomic E-state index is 12.3. The molecule has 3 N–H and O–H groups in total. The minimum Gasteiger partial charge on any atom is -0.495 e. The molecule has 0 aliphatic rings. The normalized spacial score (nSPS) is 11.5. The monoisotopic (exact) mass is 313 g/mol. The molecule has 6 nitrogen and oxygen atoms in total. The molecular formula is C12H15N3O3S2. The Labute approximate surface area is 121 Å². The lowest BCUT2D eigenvalue weighted by Crippen LogP contribution is -2.24. The van der Waals surface area contributed by atoms with Crippen molar-refractivity contribution in [3.05, 3.63) is 34.3 Å². The smallest absolute Gasteiger partial charge is 0.244 e. The Morgan fingerprint density at radius 3 is 2.80 bits per heavy atom. The molecule has 0 amide bonds. The van der Waals surface area contributed by atoms with Gasteiger partial charge in [-0.05, 0) is 24.6 Å². The second-order valence-electron chi connectivity index (χ2n) is 4.16. The highest BCUT2D eigenvalue weighted by Gasteiger charge is 2.20. The molecule has 20 heavy (non-hydrogen) atoms. The minimum absolute atomic E-state index is 0.0262. The van der Waals surface area contributed by atoms with Crippen molar-refractivity contribution in [2.24, 2.45) is 0 Å². The predicted octanol–water partition coefficient (Wildman–Crippen LogP) is 1.52. The van der Waals surface area contributed by atoms with Crippen molar-refractivity contribution in [3.63, 3.8) is 0 Å². The Morgan fingerprint density at radius 2 is 2.20 bits per heavy atom. The van der Waals surface area contributed by atoms with Gasteiger partial charge in [0, 0.05) is 11.1 Å². The van der Waals surface area contributed by atoms with Crippen LogP contribution in [0.5, 0.6) is 5.75 Å². The van der Waals surface area contributed by atoms with Crippen molar-refractivity contribution < 1.29 is 13.2 Å². The number of ether oxygens (including phenoxy) is 1. The Balaban J connectivity index is 2.31. The number of rotatable bonds is 5. The molecule has 1 aromatic heterocycles. The van der Waals surface area contributed by atoms with Crippen LogP contribution in [-0.4, -0.2) is 20.5 Å². The van der Waals surface area contributed by atoms with Crippen molar-refractivity contribution in [1.82, 2.24) is 9.71 Å². The number of nitrogens with two attached hydrogens (primary N) is 1. The van der Waals surface area contributed by atoms with E-state index >= 15 is 0 Å². The summed E-state index contributed by atoms with van der Waals surface area (Å²) in [7, 11) is -2.29. The third-order valence-corrected chi connectivity index (χ3v) is 4.83. The third-order valence-electron chi connectivity index (χ3n) is 2.77. The Morgan fingerprint density at radius 1 is 1.45 bits per heavy atom. The van der Waals surface area contributed by atoms with Crippen LogP contribution in [0.15, 0.2) is 27.9 Å². The first kappa shape index (κ1) is 14.8.